The molecule has 1 unspecified atom stereocenters. The molecule has 16 heavy (non-hydrogen) atoms. The van der Waals surface area contributed by atoms with Crippen LogP contribution in [-0.4, -0.2) is 37.4 Å². The molecule has 1 saturated carbocycles. The molecule has 3 nitrogen and oxygen atoms in total. The van der Waals surface area contributed by atoms with Crippen LogP contribution in [-0.2, 0) is 4.74 Å². The Kier molecular flexibility index (Phi) is 4.22. The van der Waals surface area contributed by atoms with E-state index < -0.39 is 0 Å². The number of nitrogens with one attached hydrogen (secondary N) is 1. The molecule has 0 aromatic rings. The van der Waals surface area contributed by atoms with Crippen molar-refractivity contribution in [2.75, 3.05) is 26.3 Å². The zero-order valence-corrected chi connectivity index (χ0v) is 10.8. The molecule has 3 heteroatoms. The lowest BCUT2D eigenvalue weighted by Crippen LogP contribution is -2.50. The van der Waals surface area contributed by atoms with E-state index in [-0.39, 0.29) is 0 Å². The van der Waals surface area contributed by atoms with E-state index in [0.29, 0.717) is 11.5 Å². The van der Waals surface area contributed by atoms with Crippen molar-refractivity contribution in [3.63, 3.8) is 0 Å². The molecule has 0 spiro atoms. The van der Waals surface area contributed by atoms with Crippen molar-refractivity contribution >= 4 is 0 Å². The van der Waals surface area contributed by atoms with Gasteiger partial charge in [-0.05, 0) is 31.1 Å². The van der Waals surface area contributed by atoms with Crippen molar-refractivity contribution in [2.45, 2.75) is 52.0 Å². The maximum Gasteiger partial charge on any atom is 0.0608 e. The SMILES string of the molecule is CC1(C)CCCC(NN2CCOCC2)CC1. The summed E-state index contributed by atoms with van der Waals surface area (Å²) in [4.78, 5) is 0. The van der Waals surface area contributed by atoms with Crippen LogP contribution in [0, 0.1) is 5.41 Å². The van der Waals surface area contributed by atoms with E-state index in [2.05, 4.69) is 24.3 Å². The predicted molar refractivity (Wildman–Crippen MR) is 66.2 cm³/mol. The maximum atomic E-state index is 5.36. The molecule has 1 aliphatic heterocycles. The van der Waals surface area contributed by atoms with E-state index in [1.165, 1.54) is 32.1 Å². The van der Waals surface area contributed by atoms with Crippen LogP contribution in [0.25, 0.3) is 0 Å². The summed E-state index contributed by atoms with van der Waals surface area (Å²) in [6.07, 6.45) is 6.77. The van der Waals surface area contributed by atoms with Gasteiger partial charge in [0, 0.05) is 19.1 Å². The summed E-state index contributed by atoms with van der Waals surface area (Å²) in [6, 6.07) is 0.694. The summed E-state index contributed by atoms with van der Waals surface area (Å²) in [5.74, 6) is 0. The van der Waals surface area contributed by atoms with Crippen molar-refractivity contribution in [1.82, 2.24) is 10.4 Å². The molecule has 2 aliphatic rings. The first-order valence-corrected chi connectivity index (χ1v) is 6.75. The zero-order valence-electron chi connectivity index (χ0n) is 10.8. The lowest BCUT2D eigenvalue weighted by atomic mass is 9.85. The minimum absolute atomic E-state index is 0.557. The van der Waals surface area contributed by atoms with Gasteiger partial charge < -0.3 is 4.74 Å². The molecule has 1 saturated heterocycles. The summed E-state index contributed by atoms with van der Waals surface area (Å²) in [5, 5.41) is 2.35. The molecule has 0 radical (unpaired) electrons. The second-order valence-corrected chi connectivity index (χ2v) is 6.02. The molecule has 1 atom stereocenters. The fourth-order valence-electron chi connectivity index (χ4n) is 2.74. The van der Waals surface area contributed by atoms with Gasteiger partial charge in [0.1, 0.15) is 0 Å². The topological polar surface area (TPSA) is 24.5 Å². The third-order valence-corrected chi connectivity index (χ3v) is 3.95. The normalized spacial score (nSPS) is 32.2. The minimum atomic E-state index is 0.557. The fourth-order valence-corrected chi connectivity index (χ4v) is 2.74. The lowest BCUT2D eigenvalue weighted by Gasteiger charge is -2.31. The standard InChI is InChI=1S/C13H26N2O/c1-13(2)6-3-4-12(5-7-13)14-15-8-10-16-11-9-15/h12,14H,3-11H2,1-2H3. The van der Waals surface area contributed by atoms with Crippen LogP contribution in [0.3, 0.4) is 0 Å². The Morgan fingerprint density at radius 2 is 1.88 bits per heavy atom. The number of rotatable bonds is 2. The van der Waals surface area contributed by atoms with Gasteiger partial charge in [-0.25, -0.2) is 5.01 Å². The average Bonchev–Trinajstić information content (AvgIpc) is 2.42. The van der Waals surface area contributed by atoms with Crippen molar-refractivity contribution in [3.05, 3.63) is 0 Å². The Hall–Kier alpha value is -0.120. The van der Waals surface area contributed by atoms with Gasteiger partial charge in [0.05, 0.1) is 13.2 Å². The van der Waals surface area contributed by atoms with Gasteiger partial charge in [-0.3, -0.25) is 5.43 Å². The van der Waals surface area contributed by atoms with Gasteiger partial charge in [0.2, 0.25) is 0 Å². The molecular formula is C13H26N2O. The highest BCUT2D eigenvalue weighted by atomic mass is 16.5. The van der Waals surface area contributed by atoms with Gasteiger partial charge in [0.25, 0.3) is 0 Å². The van der Waals surface area contributed by atoms with Gasteiger partial charge in [0.15, 0.2) is 0 Å². The first kappa shape index (κ1) is 12.3. The molecule has 2 fully saturated rings. The summed E-state index contributed by atoms with van der Waals surface area (Å²) >= 11 is 0. The Morgan fingerprint density at radius 1 is 1.12 bits per heavy atom. The molecule has 0 aromatic heterocycles. The third kappa shape index (κ3) is 3.72. The summed E-state index contributed by atoms with van der Waals surface area (Å²) in [6.45, 7) is 8.66. The molecule has 2 rings (SSSR count). The first-order valence-electron chi connectivity index (χ1n) is 6.75. The highest BCUT2D eigenvalue weighted by Gasteiger charge is 2.25. The fraction of sp³-hybridized carbons (Fsp3) is 1.00. The van der Waals surface area contributed by atoms with E-state index in [9.17, 15) is 0 Å². The van der Waals surface area contributed by atoms with E-state index in [1.807, 2.05) is 0 Å². The molecule has 0 amide bonds. The largest absolute Gasteiger partial charge is 0.379 e. The van der Waals surface area contributed by atoms with E-state index >= 15 is 0 Å². The minimum Gasteiger partial charge on any atom is -0.379 e. The number of hydrogen-bond acceptors (Lipinski definition) is 3. The van der Waals surface area contributed by atoms with Crippen LogP contribution in [0.1, 0.15) is 46.0 Å². The zero-order chi connectivity index (χ0) is 11.4. The second kappa shape index (κ2) is 5.48. The van der Waals surface area contributed by atoms with Crippen LogP contribution < -0.4 is 5.43 Å². The van der Waals surface area contributed by atoms with Crippen LogP contribution in [0.15, 0.2) is 0 Å². The molecular weight excluding hydrogens is 200 g/mol. The van der Waals surface area contributed by atoms with Crippen molar-refractivity contribution < 1.29 is 4.74 Å². The van der Waals surface area contributed by atoms with Gasteiger partial charge in [-0.1, -0.05) is 20.3 Å². The molecule has 1 heterocycles. The number of ether oxygens (including phenoxy) is 1. The number of morpholine rings is 1. The van der Waals surface area contributed by atoms with Gasteiger partial charge >= 0.3 is 0 Å². The average molecular weight is 226 g/mol. The smallest absolute Gasteiger partial charge is 0.0608 e. The maximum absolute atomic E-state index is 5.36. The second-order valence-electron chi connectivity index (χ2n) is 6.02. The molecule has 1 aliphatic carbocycles. The van der Waals surface area contributed by atoms with Crippen molar-refractivity contribution in [3.8, 4) is 0 Å². The van der Waals surface area contributed by atoms with Gasteiger partial charge in [-0.2, -0.15) is 0 Å². The Bertz CT molecular complexity index is 212. The lowest BCUT2D eigenvalue weighted by molar-refractivity contribution is 0.00210. The molecule has 94 valence electrons. The highest BCUT2D eigenvalue weighted by Crippen LogP contribution is 2.33. The first-order chi connectivity index (χ1) is 7.66. The third-order valence-electron chi connectivity index (χ3n) is 3.95. The van der Waals surface area contributed by atoms with Crippen LogP contribution in [0.4, 0.5) is 0 Å². The summed E-state index contributed by atoms with van der Waals surface area (Å²) < 4.78 is 5.36. The van der Waals surface area contributed by atoms with E-state index in [0.717, 1.165) is 26.3 Å². The predicted octanol–water partition coefficient (Wildman–Crippen LogP) is 2.18. The van der Waals surface area contributed by atoms with Crippen molar-refractivity contribution in [1.29, 1.82) is 0 Å². The molecule has 0 aromatic carbocycles. The summed E-state index contributed by atoms with van der Waals surface area (Å²) in [7, 11) is 0. The molecule has 0 bridgehead atoms. The van der Waals surface area contributed by atoms with Crippen LogP contribution in [0.5, 0.6) is 0 Å². The Balaban J connectivity index is 1.76. The van der Waals surface area contributed by atoms with E-state index in [4.69, 9.17) is 4.74 Å². The van der Waals surface area contributed by atoms with Gasteiger partial charge in [-0.15, -0.1) is 0 Å². The number of hydrazine groups is 1. The van der Waals surface area contributed by atoms with Crippen LogP contribution in [0.2, 0.25) is 0 Å². The summed E-state index contributed by atoms with van der Waals surface area (Å²) in [5.41, 5.74) is 4.25. The molecule has 1 N–H and O–H groups in total. The van der Waals surface area contributed by atoms with Crippen molar-refractivity contribution in [2.24, 2.45) is 5.41 Å². The highest BCUT2D eigenvalue weighted by molar-refractivity contribution is 4.79. The van der Waals surface area contributed by atoms with Crippen LogP contribution >= 0.6 is 0 Å². The Morgan fingerprint density at radius 3 is 2.62 bits per heavy atom. The van der Waals surface area contributed by atoms with E-state index in [1.54, 1.807) is 0 Å². The Labute approximate surface area is 99.5 Å². The number of hydrogen-bond donors (Lipinski definition) is 1. The number of nitrogens with zero attached hydrogens (tertiary/aromatic N) is 1. The monoisotopic (exact) mass is 226 g/mol. The quantitative estimate of drug-likeness (QED) is 0.730.